The molecule has 0 aromatic heterocycles. The van der Waals surface area contributed by atoms with Crippen LogP contribution < -0.4 is 0 Å². The minimum atomic E-state index is -0.675. The average Bonchev–Trinajstić information content (AvgIpc) is 2.33. The van der Waals surface area contributed by atoms with Crippen LogP contribution in [0.2, 0.25) is 0 Å². The van der Waals surface area contributed by atoms with E-state index in [1.54, 1.807) is 13.8 Å². The van der Waals surface area contributed by atoms with Gasteiger partial charge in [-0.25, -0.2) is 0 Å². The summed E-state index contributed by atoms with van der Waals surface area (Å²) >= 11 is 4.19. The molecule has 1 rings (SSSR count). The van der Waals surface area contributed by atoms with Crippen molar-refractivity contribution in [2.75, 3.05) is 0 Å². The second-order valence-corrected chi connectivity index (χ2v) is 5.72. The van der Waals surface area contributed by atoms with E-state index in [0.29, 0.717) is 0 Å². The van der Waals surface area contributed by atoms with Crippen LogP contribution in [-0.2, 0) is 9.53 Å². The summed E-state index contributed by atoms with van der Waals surface area (Å²) in [5, 5.41) is 0. The van der Waals surface area contributed by atoms with E-state index in [-0.39, 0.29) is 11.6 Å². The third kappa shape index (κ3) is 2.90. The summed E-state index contributed by atoms with van der Waals surface area (Å²) < 4.78 is 4.77. The summed E-state index contributed by atoms with van der Waals surface area (Å²) in [6, 6.07) is 0. The van der Waals surface area contributed by atoms with Gasteiger partial charge in [0.1, 0.15) is 10.3 Å². The molecule has 76 valence electrons. The minimum absolute atomic E-state index is 0.208. The van der Waals surface area contributed by atoms with E-state index >= 15 is 0 Å². The zero-order valence-corrected chi connectivity index (χ0v) is 9.49. The molecule has 0 atom stereocenters. The lowest BCUT2D eigenvalue weighted by Gasteiger charge is -2.28. The van der Waals surface area contributed by atoms with Crippen LogP contribution in [0.4, 0.5) is 0 Å². The van der Waals surface area contributed by atoms with E-state index in [9.17, 15) is 4.79 Å². The van der Waals surface area contributed by atoms with E-state index in [1.807, 2.05) is 6.92 Å². The first kappa shape index (κ1) is 10.9. The molecule has 0 N–H and O–H groups in total. The molecule has 0 aromatic carbocycles. The van der Waals surface area contributed by atoms with Gasteiger partial charge in [0.25, 0.3) is 0 Å². The highest BCUT2D eigenvalue weighted by Crippen LogP contribution is 2.34. The first-order valence-corrected chi connectivity index (χ1v) is 5.24. The Labute approximate surface area is 85.4 Å². The molecule has 0 spiro atoms. The van der Waals surface area contributed by atoms with Gasteiger partial charge in [-0.05, 0) is 46.5 Å². The predicted octanol–water partition coefficient (Wildman–Crippen LogP) is 2.57. The maximum atomic E-state index is 11.5. The van der Waals surface area contributed by atoms with Gasteiger partial charge in [0, 0.05) is 0 Å². The van der Waals surface area contributed by atoms with Gasteiger partial charge in [0.05, 0.1) is 0 Å². The normalized spacial score (nSPS) is 21.5. The molecule has 1 fully saturated rings. The highest BCUT2D eigenvalue weighted by atomic mass is 32.1. The molecule has 0 radical (unpaired) electrons. The number of ether oxygens (including phenoxy) is 1. The van der Waals surface area contributed by atoms with Crippen LogP contribution in [-0.4, -0.2) is 16.3 Å². The Bertz CT molecular complexity index is 199. The van der Waals surface area contributed by atoms with E-state index in [1.165, 1.54) is 0 Å². The van der Waals surface area contributed by atoms with E-state index in [2.05, 4.69) is 12.6 Å². The number of thiol groups is 1. The van der Waals surface area contributed by atoms with Crippen molar-refractivity contribution < 1.29 is 9.53 Å². The number of rotatable bonds is 2. The van der Waals surface area contributed by atoms with Crippen molar-refractivity contribution in [3.63, 3.8) is 0 Å². The third-order valence-electron chi connectivity index (χ3n) is 2.50. The Morgan fingerprint density at radius 1 is 1.38 bits per heavy atom. The van der Waals surface area contributed by atoms with Crippen LogP contribution in [0.25, 0.3) is 0 Å². The van der Waals surface area contributed by atoms with Gasteiger partial charge in [-0.15, -0.1) is 0 Å². The Balaban J connectivity index is 2.53. The van der Waals surface area contributed by atoms with E-state index in [4.69, 9.17) is 4.74 Å². The highest BCUT2D eigenvalue weighted by Gasteiger charge is 2.36. The van der Waals surface area contributed by atoms with Crippen LogP contribution in [0.3, 0.4) is 0 Å². The molecule has 13 heavy (non-hydrogen) atoms. The van der Waals surface area contributed by atoms with Gasteiger partial charge in [-0.1, -0.05) is 0 Å². The average molecular weight is 202 g/mol. The molecule has 1 saturated carbocycles. The maximum absolute atomic E-state index is 11.5. The van der Waals surface area contributed by atoms with Crippen LogP contribution in [0.5, 0.6) is 0 Å². The first-order valence-electron chi connectivity index (χ1n) is 4.79. The third-order valence-corrected chi connectivity index (χ3v) is 2.68. The van der Waals surface area contributed by atoms with Gasteiger partial charge in [-0.3, -0.25) is 4.79 Å². The number of carbonyl (C=O) groups excluding carboxylic acids is 1. The molecule has 0 saturated heterocycles. The predicted molar refractivity (Wildman–Crippen MR) is 56.0 cm³/mol. The van der Waals surface area contributed by atoms with Crippen molar-refractivity contribution in [2.45, 2.75) is 56.8 Å². The highest BCUT2D eigenvalue weighted by molar-refractivity contribution is 7.82. The Hall–Kier alpha value is -0.180. The van der Waals surface area contributed by atoms with Gasteiger partial charge in [-0.2, -0.15) is 12.6 Å². The summed E-state index contributed by atoms with van der Waals surface area (Å²) in [5.74, 6) is -0.208. The summed E-state index contributed by atoms with van der Waals surface area (Å²) in [7, 11) is 0. The molecule has 0 aliphatic heterocycles. The number of hydrogen-bond acceptors (Lipinski definition) is 3. The Morgan fingerprint density at radius 3 is 2.23 bits per heavy atom. The van der Waals surface area contributed by atoms with Crippen molar-refractivity contribution >= 4 is 18.6 Å². The molecule has 1 aliphatic carbocycles. The SMILES string of the molecule is CC1(OC(=O)C(C)(C)S)CCCC1. The number of hydrogen-bond donors (Lipinski definition) is 1. The summed E-state index contributed by atoms with van der Waals surface area (Å²) in [6.45, 7) is 5.53. The van der Waals surface area contributed by atoms with Gasteiger partial charge in [0.2, 0.25) is 0 Å². The lowest BCUT2D eigenvalue weighted by Crippen LogP contribution is -2.36. The minimum Gasteiger partial charge on any atom is -0.458 e. The summed E-state index contributed by atoms with van der Waals surface area (Å²) in [5.41, 5.74) is -0.225. The lowest BCUT2D eigenvalue weighted by atomic mass is 10.1. The first-order chi connectivity index (χ1) is 5.83. The lowest BCUT2D eigenvalue weighted by molar-refractivity contribution is -0.159. The second kappa shape index (κ2) is 3.52. The topological polar surface area (TPSA) is 26.3 Å². The molecule has 2 nitrogen and oxygen atoms in total. The summed E-state index contributed by atoms with van der Waals surface area (Å²) in [4.78, 5) is 11.5. The fraction of sp³-hybridized carbons (Fsp3) is 0.900. The molecular formula is C10H18O2S. The van der Waals surface area contributed by atoms with Crippen molar-refractivity contribution in [3.05, 3.63) is 0 Å². The molecule has 0 unspecified atom stereocenters. The second-order valence-electron chi connectivity index (χ2n) is 4.61. The van der Waals surface area contributed by atoms with Crippen molar-refractivity contribution in [2.24, 2.45) is 0 Å². The smallest absolute Gasteiger partial charge is 0.321 e. The van der Waals surface area contributed by atoms with Gasteiger partial charge in [0.15, 0.2) is 0 Å². The van der Waals surface area contributed by atoms with Crippen LogP contribution in [0.1, 0.15) is 46.5 Å². The van der Waals surface area contributed by atoms with Crippen molar-refractivity contribution in [3.8, 4) is 0 Å². The van der Waals surface area contributed by atoms with Crippen LogP contribution >= 0.6 is 12.6 Å². The molecule has 0 bridgehead atoms. The molecule has 0 amide bonds. The zero-order valence-electron chi connectivity index (χ0n) is 8.59. The maximum Gasteiger partial charge on any atom is 0.321 e. The molecule has 0 aromatic rings. The number of esters is 1. The fourth-order valence-corrected chi connectivity index (χ4v) is 1.62. The van der Waals surface area contributed by atoms with Gasteiger partial charge < -0.3 is 4.74 Å². The Morgan fingerprint density at radius 2 is 1.85 bits per heavy atom. The van der Waals surface area contributed by atoms with Crippen molar-refractivity contribution in [1.82, 2.24) is 0 Å². The molecule has 3 heteroatoms. The van der Waals surface area contributed by atoms with Crippen LogP contribution in [0, 0.1) is 0 Å². The molecular weight excluding hydrogens is 184 g/mol. The van der Waals surface area contributed by atoms with E-state index in [0.717, 1.165) is 25.7 Å². The van der Waals surface area contributed by atoms with Crippen molar-refractivity contribution in [1.29, 1.82) is 0 Å². The zero-order chi connectivity index (χ0) is 10.1. The quantitative estimate of drug-likeness (QED) is 0.550. The monoisotopic (exact) mass is 202 g/mol. The van der Waals surface area contributed by atoms with Crippen LogP contribution in [0.15, 0.2) is 0 Å². The summed E-state index contributed by atoms with van der Waals surface area (Å²) in [6.07, 6.45) is 4.30. The molecule has 0 heterocycles. The Kier molecular flexibility index (Phi) is 2.95. The van der Waals surface area contributed by atoms with Gasteiger partial charge >= 0.3 is 5.97 Å². The largest absolute Gasteiger partial charge is 0.458 e. The number of carbonyl (C=O) groups is 1. The van der Waals surface area contributed by atoms with E-state index < -0.39 is 4.75 Å². The molecule has 1 aliphatic rings. The standard InChI is InChI=1S/C10H18O2S/c1-9(2,13)8(11)12-10(3)6-4-5-7-10/h13H,4-7H2,1-3H3. The fourth-order valence-electron chi connectivity index (χ4n) is 1.57.